The first kappa shape index (κ1) is 12.8. The highest BCUT2D eigenvalue weighted by atomic mass is 19.1. The number of phenols is 1. The van der Waals surface area contributed by atoms with Gasteiger partial charge in [-0.15, -0.1) is 0 Å². The van der Waals surface area contributed by atoms with Gasteiger partial charge in [0.25, 0.3) is 0 Å². The summed E-state index contributed by atoms with van der Waals surface area (Å²) in [5.74, 6) is -1.48. The fourth-order valence-corrected chi connectivity index (χ4v) is 1.33. The van der Waals surface area contributed by atoms with Gasteiger partial charge in [-0.3, -0.25) is 9.79 Å². The molecule has 1 aromatic rings. The lowest BCUT2D eigenvalue weighted by atomic mass is 10.0. The highest BCUT2D eigenvalue weighted by Gasteiger charge is 2.10. The average Bonchev–Trinajstić information content (AvgIpc) is 2.34. The minimum atomic E-state index is -0.837. The number of hydrogen-bond acceptors (Lipinski definition) is 3. The van der Waals surface area contributed by atoms with Gasteiger partial charge in [-0.1, -0.05) is 12.7 Å². The Morgan fingerprint density at radius 2 is 2.24 bits per heavy atom. The van der Waals surface area contributed by atoms with E-state index in [4.69, 9.17) is 0 Å². The molecule has 1 rings (SSSR count). The molecule has 4 heteroatoms. The number of phenolic OH excluding ortho intramolecular Hbond substituents is 1. The minimum absolute atomic E-state index is 0.0913. The van der Waals surface area contributed by atoms with Gasteiger partial charge in [-0.2, -0.15) is 0 Å². The van der Waals surface area contributed by atoms with Crippen molar-refractivity contribution >= 4 is 18.1 Å². The molecule has 0 fully saturated rings. The third-order valence-corrected chi connectivity index (χ3v) is 2.18. The maximum Gasteiger partial charge on any atom is 0.166 e. The second-order valence-electron chi connectivity index (χ2n) is 3.22. The number of benzene rings is 1. The molecule has 0 unspecified atom stereocenters. The summed E-state index contributed by atoms with van der Waals surface area (Å²) < 4.78 is 13.3. The molecule has 1 N–H and O–H groups in total. The second kappa shape index (κ2) is 5.75. The van der Waals surface area contributed by atoms with E-state index in [0.29, 0.717) is 17.4 Å². The van der Waals surface area contributed by atoms with Crippen LogP contribution in [0.3, 0.4) is 0 Å². The highest BCUT2D eigenvalue weighted by Crippen LogP contribution is 2.25. The van der Waals surface area contributed by atoms with Gasteiger partial charge in [0.05, 0.1) is 5.56 Å². The van der Waals surface area contributed by atoms with Crippen molar-refractivity contribution in [2.75, 3.05) is 0 Å². The van der Waals surface area contributed by atoms with Gasteiger partial charge in [0.15, 0.2) is 17.9 Å². The second-order valence-corrected chi connectivity index (χ2v) is 3.22. The van der Waals surface area contributed by atoms with Crippen LogP contribution in [0.4, 0.5) is 4.39 Å². The molecule has 0 spiro atoms. The number of hydrogen-bond donors (Lipinski definition) is 1. The lowest BCUT2D eigenvalue weighted by molar-refractivity contribution is 0.112. The molecule has 0 aliphatic rings. The molecule has 0 aliphatic carbocycles. The van der Waals surface area contributed by atoms with Gasteiger partial charge in [-0.05, 0) is 30.2 Å². The standard InChI is InChI=1S/C13H12FNO2/c1-3-9(7-15-4-2)10-5-11(8-16)13(17)12(14)6-10/h3-8,17H,2H2,1H3/b9-3+,15-7?. The van der Waals surface area contributed by atoms with Crippen LogP contribution in [0.2, 0.25) is 0 Å². The van der Waals surface area contributed by atoms with E-state index in [2.05, 4.69) is 11.6 Å². The largest absolute Gasteiger partial charge is 0.504 e. The SMILES string of the molecule is C=CN=C/C(=C\C)c1cc(F)c(O)c(C=O)c1. The normalized spacial score (nSPS) is 11.8. The summed E-state index contributed by atoms with van der Waals surface area (Å²) in [5, 5.41) is 9.28. The third kappa shape index (κ3) is 2.87. The fourth-order valence-electron chi connectivity index (χ4n) is 1.33. The van der Waals surface area contributed by atoms with Crippen LogP contribution in [0.5, 0.6) is 5.75 Å². The molecular formula is C13H12FNO2. The number of allylic oxidation sites excluding steroid dienone is 2. The summed E-state index contributed by atoms with van der Waals surface area (Å²) in [6.07, 6.45) is 4.96. The van der Waals surface area contributed by atoms with Crippen LogP contribution in [0.25, 0.3) is 5.57 Å². The Morgan fingerprint density at radius 1 is 1.53 bits per heavy atom. The van der Waals surface area contributed by atoms with Gasteiger partial charge in [0.2, 0.25) is 0 Å². The molecule has 0 aromatic heterocycles. The van der Waals surface area contributed by atoms with Crippen LogP contribution in [-0.4, -0.2) is 17.6 Å². The van der Waals surface area contributed by atoms with E-state index in [-0.39, 0.29) is 5.56 Å². The van der Waals surface area contributed by atoms with Crippen molar-refractivity contribution in [3.8, 4) is 5.75 Å². The Labute approximate surface area is 98.6 Å². The minimum Gasteiger partial charge on any atom is -0.504 e. The van der Waals surface area contributed by atoms with Crippen molar-refractivity contribution < 1.29 is 14.3 Å². The van der Waals surface area contributed by atoms with E-state index in [1.54, 1.807) is 13.0 Å². The zero-order valence-corrected chi connectivity index (χ0v) is 9.35. The molecule has 0 radical (unpaired) electrons. The van der Waals surface area contributed by atoms with Crippen molar-refractivity contribution in [2.45, 2.75) is 6.92 Å². The van der Waals surface area contributed by atoms with Gasteiger partial charge in [-0.25, -0.2) is 4.39 Å². The van der Waals surface area contributed by atoms with Gasteiger partial charge >= 0.3 is 0 Å². The molecule has 0 bridgehead atoms. The van der Waals surface area contributed by atoms with Gasteiger partial charge < -0.3 is 5.11 Å². The topological polar surface area (TPSA) is 49.7 Å². The Morgan fingerprint density at radius 3 is 2.76 bits per heavy atom. The van der Waals surface area contributed by atoms with Crippen molar-refractivity contribution in [3.63, 3.8) is 0 Å². The predicted octanol–water partition coefficient (Wildman–Crippen LogP) is 2.96. The molecule has 17 heavy (non-hydrogen) atoms. The first-order valence-electron chi connectivity index (χ1n) is 4.92. The number of carbonyl (C=O) groups is 1. The molecule has 88 valence electrons. The monoisotopic (exact) mass is 233 g/mol. The van der Waals surface area contributed by atoms with E-state index in [0.717, 1.165) is 6.07 Å². The summed E-state index contributed by atoms with van der Waals surface area (Å²) in [5.41, 5.74) is 1.01. The average molecular weight is 233 g/mol. The zero-order valence-electron chi connectivity index (χ0n) is 9.35. The Bertz CT molecular complexity index is 504. The first-order valence-corrected chi connectivity index (χ1v) is 4.92. The van der Waals surface area contributed by atoms with E-state index < -0.39 is 11.6 Å². The number of aldehydes is 1. The van der Waals surface area contributed by atoms with Crippen LogP contribution < -0.4 is 0 Å². The molecular weight excluding hydrogens is 221 g/mol. The number of halogens is 1. The van der Waals surface area contributed by atoms with Crippen LogP contribution in [0, 0.1) is 5.82 Å². The maximum absolute atomic E-state index is 13.3. The number of carbonyl (C=O) groups excluding carboxylic acids is 1. The van der Waals surface area contributed by atoms with Crippen LogP contribution in [0.15, 0.2) is 36.0 Å². The molecule has 0 saturated heterocycles. The number of nitrogens with zero attached hydrogens (tertiary/aromatic N) is 1. The summed E-state index contributed by atoms with van der Waals surface area (Å²) in [4.78, 5) is 14.5. The maximum atomic E-state index is 13.3. The van der Waals surface area contributed by atoms with Crippen LogP contribution in [0.1, 0.15) is 22.8 Å². The van der Waals surface area contributed by atoms with Gasteiger partial charge in [0.1, 0.15) is 0 Å². The molecule has 0 aliphatic heterocycles. The molecule has 0 amide bonds. The summed E-state index contributed by atoms with van der Waals surface area (Å²) in [6.45, 7) is 5.19. The molecule has 0 saturated carbocycles. The molecule has 3 nitrogen and oxygen atoms in total. The van der Waals surface area contributed by atoms with E-state index in [9.17, 15) is 14.3 Å². The summed E-state index contributed by atoms with van der Waals surface area (Å²) in [7, 11) is 0. The summed E-state index contributed by atoms with van der Waals surface area (Å²) >= 11 is 0. The van der Waals surface area contributed by atoms with Gasteiger partial charge in [0, 0.05) is 12.4 Å². The number of aliphatic imine (C=N–C) groups is 1. The van der Waals surface area contributed by atoms with Crippen molar-refractivity contribution in [3.05, 3.63) is 47.9 Å². The summed E-state index contributed by atoms with van der Waals surface area (Å²) in [6, 6.07) is 2.54. The Kier molecular flexibility index (Phi) is 4.34. The highest BCUT2D eigenvalue weighted by molar-refractivity contribution is 6.10. The molecule has 0 heterocycles. The molecule has 1 aromatic carbocycles. The first-order chi connectivity index (χ1) is 8.13. The lowest BCUT2D eigenvalue weighted by Crippen LogP contribution is -1.93. The van der Waals surface area contributed by atoms with Crippen molar-refractivity contribution in [1.29, 1.82) is 0 Å². The van der Waals surface area contributed by atoms with Crippen LogP contribution in [-0.2, 0) is 0 Å². The zero-order chi connectivity index (χ0) is 12.8. The van der Waals surface area contributed by atoms with Crippen molar-refractivity contribution in [2.24, 2.45) is 4.99 Å². The van der Waals surface area contributed by atoms with Crippen molar-refractivity contribution in [1.82, 2.24) is 0 Å². The lowest BCUT2D eigenvalue weighted by Gasteiger charge is -2.05. The van der Waals surface area contributed by atoms with E-state index in [1.165, 1.54) is 18.5 Å². The Hall–Kier alpha value is -2.23. The number of rotatable bonds is 4. The van der Waals surface area contributed by atoms with E-state index in [1.807, 2.05) is 0 Å². The Balaban J connectivity index is 3.31. The quantitative estimate of drug-likeness (QED) is 0.642. The molecule has 0 atom stereocenters. The predicted molar refractivity (Wildman–Crippen MR) is 65.8 cm³/mol. The fraction of sp³-hybridized carbons (Fsp3) is 0.0769. The smallest absolute Gasteiger partial charge is 0.166 e. The van der Waals surface area contributed by atoms with Crippen LogP contribution >= 0.6 is 0 Å². The number of aromatic hydroxyl groups is 1. The van der Waals surface area contributed by atoms with E-state index >= 15 is 0 Å². The third-order valence-electron chi connectivity index (χ3n) is 2.18.